The van der Waals surface area contributed by atoms with Crippen LogP contribution in [0.4, 0.5) is 0 Å². The second-order valence-electron chi connectivity index (χ2n) is 9.25. The maximum absolute atomic E-state index is 13.0. The topological polar surface area (TPSA) is 44.8 Å². The highest BCUT2D eigenvalue weighted by atomic mass is 28.3. The zero-order chi connectivity index (χ0) is 24.8. The summed E-state index contributed by atoms with van der Waals surface area (Å²) in [6.45, 7) is 13.4. The molecule has 2 aromatic rings. The van der Waals surface area contributed by atoms with Crippen molar-refractivity contribution in [2.24, 2.45) is 0 Å². The largest absolute Gasteiger partial charge is 0.497 e. The van der Waals surface area contributed by atoms with Crippen LogP contribution in [0.25, 0.3) is 11.3 Å². The van der Waals surface area contributed by atoms with E-state index < -0.39 is 8.07 Å². The first-order valence-electron chi connectivity index (χ1n) is 11.5. The predicted octanol–water partition coefficient (Wildman–Crippen LogP) is 7.19. The minimum Gasteiger partial charge on any atom is -0.497 e. The number of allylic oxidation sites excluding steroid dienone is 2. The van der Waals surface area contributed by atoms with Crippen molar-refractivity contribution < 1.29 is 19.0 Å². The van der Waals surface area contributed by atoms with Crippen LogP contribution in [0.3, 0.4) is 0 Å². The fourth-order valence-electron chi connectivity index (χ4n) is 5.52. The molecule has 0 aromatic heterocycles. The molecule has 4 nitrogen and oxygen atoms in total. The molecule has 0 saturated carbocycles. The van der Waals surface area contributed by atoms with Crippen molar-refractivity contribution in [3.63, 3.8) is 0 Å². The van der Waals surface area contributed by atoms with Gasteiger partial charge in [-0.05, 0) is 34.3 Å². The molecule has 0 unspecified atom stereocenters. The molecule has 0 N–H and O–H groups in total. The van der Waals surface area contributed by atoms with Gasteiger partial charge in [-0.2, -0.15) is 0 Å². The molecule has 0 aliphatic carbocycles. The van der Waals surface area contributed by atoms with Gasteiger partial charge in [0.15, 0.2) is 0 Å². The smallest absolute Gasteiger partial charge is 0.134 e. The molecule has 5 heteroatoms. The molecule has 0 amide bonds. The lowest BCUT2D eigenvalue weighted by atomic mass is 9.99. The number of methoxy groups -OCH3 is 3. The number of ether oxygens (including phenoxy) is 3. The molecule has 0 aliphatic heterocycles. The van der Waals surface area contributed by atoms with Crippen LogP contribution in [-0.2, 0) is 9.53 Å². The van der Waals surface area contributed by atoms with Crippen LogP contribution < -0.4 is 9.47 Å². The van der Waals surface area contributed by atoms with E-state index in [0.29, 0.717) is 33.9 Å². The minimum absolute atomic E-state index is 0.324. The molecule has 0 spiro atoms. The first kappa shape index (κ1) is 26.5. The zero-order valence-electron chi connectivity index (χ0n) is 21.5. The van der Waals surface area contributed by atoms with Crippen molar-refractivity contribution in [3.8, 4) is 11.5 Å². The third kappa shape index (κ3) is 5.10. The lowest BCUT2D eigenvalue weighted by Crippen LogP contribution is -2.47. The van der Waals surface area contributed by atoms with Gasteiger partial charge in [-0.3, -0.25) is 0 Å². The number of carbonyl (C=O) groups excluding carboxylic acids is 1. The molecule has 33 heavy (non-hydrogen) atoms. The van der Waals surface area contributed by atoms with E-state index in [1.54, 1.807) is 21.3 Å². The lowest BCUT2D eigenvalue weighted by molar-refractivity contribution is 0.371. The third-order valence-electron chi connectivity index (χ3n) is 6.76. The highest BCUT2D eigenvalue weighted by Crippen LogP contribution is 2.51. The Balaban J connectivity index is 3.09. The Kier molecular flexibility index (Phi) is 9.15. The van der Waals surface area contributed by atoms with Crippen molar-refractivity contribution in [1.82, 2.24) is 0 Å². The summed E-state index contributed by atoms with van der Waals surface area (Å²) >= 11 is 0. The summed E-state index contributed by atoms with van der Waals surface area (Å²) in [7, 11) is 2.52. The summed E-state index contributed by atoms with van der Waals surface area (Å²) in [6.07, 6.45) is 0. The summed E-state index contributed by atoms with van der Waals surface area (Å²) in [6, 6.07) is 15.6. The SMILES string of the molecule is CO/C(=C(/C(=C=O)[Si](C(C)C)(C(C)C)C(C)C)c1cc(OC)cc(OC)c1)c1ccccc1. The normalized spacial score (nSPS) is 12.5. The molecule has 0 aliphatic rings. The lowest BCUT2D eigenvalue weighted by Gasteiger charge is -2.44. The van der Waals surface area contributed by atoms with Crippen molar-refractivity contribution >= 4 is 25.3 Å². The van der Waals surface area contributed by atoms with Crippen molar-refractivity contribution in [1.29, 1.82) is 0 Å². The van der Waals surface area contributed by atoms with E-state index in [2.05, 4.69) is 47.5 Å². The zero-order valence-corrected chi connectivity index (χ0v) is 22.5. The molecule has 2 aromatic carbocycles. The van der Waals surface area contributed by atoms with E-state index in [9.17, 15) is 4.79 Å². The fourth-order valence-corrected chi connectivity index (χ4v) is 12.1. The molecular formula is C28H38O4Si. The molecule has 0 radical (unpaired) electrons. The van der Waals surface area contributed by atoms with Crippen molar-refractivity contribution in [2.75, 3.05) is 21.3 Å². The quantitative estimate of drug-likeness (QED) is 0.122. The number of rotatable bonds is 10. The summed E-state index contributed by atoms with van der Waals surface area (Å²) in [5.74, 6) is 4.42. The Morgan fingerprint density at radius 2 is 1.24 bits per heavy atom. The molecule has 178 valence electrons. The number of hydrogen-bond acceptors (Lipinski definition) is 4. The highest BCUT2D eigenvalue weighted by molar-refractivity contribution is 6.93. The summed E-state index contributed by atoms with van der Waals surface area (Å²) < 4.78 is 17.2. The van der Waals surface area contributed by atoms with Crippen LogP contribution in [0.1, 0.15) is 52.7 Å². The maximum Gasteiger partial charge on any atom is 0.134 e. The second kappa shape index (κ2) is 11.4. The molecule has 0 heterocycles. The van der Waals surface area contributed by atoms with Crippen LogP contribution in [0.5, 0.6) is 11.5 Å². The first-order valence-corrected chi connectivity index (χ1v) is 13.7. The van der Waals surface area contributed by atoms with E-state index in [1.165, 1.54) is 0 Å². The van der Waals surface area contributed by atoms with Crippen LogP contribution in [-0.4, -0.2) is 35.3 Å². The molecular weight excluding hydrogens is 428 g/mol. The number of hydrogen-bond donors (Lipinski definition) is 0. The Bertz CT molecular complexity index is 971. The van der Waals surface area contributed by atoms with Crippen LogP contribution in [0, 0.1) is 0 Å². The molecule has 0 saturated heterocycles. The van der Waals surface area contributed by atoms with E-state index in [0.717, 1.165) is 21.9 Å². The summed E-state index contributed by atoms with van der Waals surface area (Å²) in [5.41, 5.74) is 3.48. The van der Waals surface area contributed by atoms with Gasteiger partial charge in [-0.15, -0.1) is 0 Å². The first-order chi connectivity index (χ1) is 15.7. The Hall–Kier alpha value is -2.75. The average molecular weight is 467 g/mol. The fraction of sp³-hybridized carbons (Fsp3) is 0.429. The van der Waals surface area contributed by atoms with Gasteiger partial charge in [0.25, 0.3) is 0 Å². The minimum atomic E-state index is -2.40. The Labute approximate surface area is 200 Å². The van der Waals surface area contributed by atoms with E-state index in [-0.39, 0.29) is 0 Å². The second-order valence-corrected chi connectivity index (χ2v) is 15.1. The summed E-state index contributed by atoms with van der Waals surface area (Å²) in [4.78, 5) is 13.0. The molecule has 0 bridgehead atoms. The van der Waals surface area contributed by atoms with Gasteiger partial charge < -0.3 is 14.2 Å². The van der Waals surface area contributed by atoms with Gasteiger partial charge in [-0.25, -0.2) is 4.79 Å². The third-order valence-corrected chi connectivity index (χ3v) is 13.7. The van der Waals surface area contributed by atoms with Gasteiger partial charge in [0.05, 0.1) is 21.3 Å². The average Bonchev–Trinajstić information content (AvgIpc) is 2.80. The van der Waals surface area contributed by atoms with Crippen LogP contribution in [0.2, 0.25) is 16.6 Å². The molecule has 0 fully saturated rings. The van der Waals surface area contributed by atoms with Crippen LogP contribution in [0.15, 0.2) is 53.7 Å². The number of benzene rings is 2. The Morgan fingerprint density at radius 3 is 1.61 bits per heavy atom. The van der Waals surface area contributed by atoms with E-state index in [4.69, 9.17) is 14.2 Å². The van der Waals surface area contributed by atoms with Gasteiger partial charge >= 0.3 is 0 Å². The monoisotopic (exact) mass is 466 g/mol. The standard InChI is InChI=1S/C28H38O4Si/c1-19(2)33(20(3)4,21(5)6)26(18-29)27(28(32-9)22-13-11-10-12-14-22)23-15-24(30-7)17-25(16-23)31-8/h10-17,19-21H,1-9H3/b28-27+. The maximum atomic E-state index is 13.0. The van der Waals surface area contributed by atoms with Crippen LogP contribution >= 0.6 is 0 Å². The molecule has 0 atom stereocenters. The van der Waals surface area contributed by atoms with Gasteiger partial charge in [-0.1, -0.05) is 71.9 Å². The highest BCUT2D eigenvalue weighted by Gasteiger charge is 2.49. The predicted molar refractivity (Wildman–Crippen MR) is 140 cm³/mol. The van der Waals surface area contributed by atoms with Gasteiger partial charge in [0, 0.05) is 22.4 Å². The van der Waals surface area contributed by atoms with E-state index >= 15 is 0 Å². The Morgan fingerprint density at radius 1 is 0.758 bits per heavy atom. The van der Waals surface area contributed by atoms with E-state index in [1.807, 2.05) is 48.5 Å². The van der Waals surface area contributed by atoms with Gasteiger partial charge in [0.2, 0.25) is 0 Å². The van der Waals surface area contributed by atoms with Crippen molar-refractivity contribution in [2.45, 2.75) is 58.2 Å². The van der Waals surface area contributed by atoms with Crippen molar-refractivity contribution in [3.05, 3.63) is 64.9 Å². The molecule has 2 rings (SSSR count). The van der Waals surface area contributed by atoms with Gasteiger partial charge in [0.1, 0.15) is 31.3 Å². The summed E-state index contributed by atoms with van der Waals surface area (Å²) in [5, 5.41) is 0.749.